The molecule has 0 radical (unpaired) electrons. The first-order chi connectivity index (χ1) is 14.7. The molecule has 1 N–H and O–H groups in total. The fourth-order valence-corrected chi connectivity index (χ4v) is 3.16. The van der Waals surface area contributed by atoms with E-state index in [1.165, 1.54) is 0 Å². The Bertz CT molecular complexity index is 1200. The first-order valence-electron chi connectivity index (χ1n) is 9.44. The third kappa shape index (κ3) is 4.39. The van der Waals surface area contributed by atoms with Crippen molar-refractivity contribution in [3.05, 3.63) is 67.8 Å². The van der Waals surface area contributed by atoms with E-state index in [4.69, 9.17) is 0 Å². The number of hydrogen-bond acceptors (Lipinski definition) is 7. The molecule has 11 heteroatoms. The molecular weight excluding hydrogens is 406 g/mol. The van der Waals surface area contributed by atoms with Gasteiger partial charge in [0.1, 0.15) is 0 Å². The van der Waals surface area contributed by atoms with E-state index >= 15 is 0 Å². The minimum atomic E-state index is -1.01. The number of aromatic hydroxyl groups is 1. The number of nitro groups is 2. The summed E-state index contributed by atoms with van der Waals surface area (Å²) in [5.41, 5.74) is 0.157. The molecule has 0 saturated carbocycles. The number of aromatic nitrogens is 1. The van der Waals surface area contributed by atoms with Gasteiger partial charge in [-0.25, -0.2) is 0 Å². The smallest absolute Gasteiger partial charge is 0.295 e. The van der Waals surface area contributed by atoms with Crippen LogP contribution < -0.4 is 0 Å². The summed E-state index contributed by atoms with van der Waals surface area (Å²) in [6.07, 6.45) is 1.73. The fourth-order valence-electron chi connectivity index (χ4n) is 3.16. The number of amides is 1. The monoisotopic (exact) mass is 425 g/mol. The van der Waals surface area contributed by atoms with Gasteiger partial charge in [0.2, 0.25) is 5.88 Å². The predicted molar refractivity (Wildman–Crippen MR) is 112 cm³/mol. The second-order valence-electron chi connectivity index (χ2n) is 6.96. The van der Waals surface area contributed by atoms with Crippen molar-refractivity contribution in [2.45, 2.75) is 33.2 Å². The summed E-state index contributed by atoms with van der Waals surface area (Å²) in [7, 11) is 0. The van der Waals surface area contributed by atoms with E-state index in [0.717, 1.165) is 42.1 Å². The van der Waals surface area contributed by atoms with Crippen LogP contribution in [0.2, 0.25) is 0 Å². The first kappa shape index (κ1) is 21.6. The molecule has 0 aliphatic rings. The maximum Gasteiger partial charge on any atom is 0.295 e. The van der Waals surface area contributed by atoms with E-state index in [0.29, 0.717) is 11.9 Å². The highest BCUT2D eigenvalue weighted by molar-refractivity contribution is 5.98. The average Bonchev–Trinajstić information content (AvgIpc) is 2.99. The lowest BCUT2D eigenvalue weighted by atomic mass is 10.1. The second-order valence-corrected chi connectivity index (χ2v) is 6.96. The Kier molecular flexibility index (Phi) is 6.05. The SMILES string of the molecule is CCCCn1c(O)c(N=NC(=O)c2cc([N+](=O)[O-])cc([N+](=O)[O-])c2)c2cc(C)ccc21. The van der Waals surface area contributed by atoms with Crippen molar-refractivity contribution in [1.29, 1.82) is 0 Å². The summed E-state index contributed by atoms with van der Waals surface area (Å²) in [5.74, 6) is -1.16. The number of benzene rings is 2. The number of aryl methyl sites for hydroxylation is 2. The van der Waals surface area contributed by atoms with Gasteiger partial charge in [-0.05, 0) is 25.5 Å². The summed E-state index contributed by atoms with van der Waals surface area (Å²) in [6, 6.07) is 8.06. The summed E-state index contributed by atoms with van der Waals surface area (Å²) >= 11 is 0. The molecule has 160 valence electrons. The van der Waals surface area contributed by atoms with E-state index < -0.39 is 27.1 Å². The molecule has 0 bridgehead atoms. The molecule has 2 aromatic carbocycles. The molecule has 0 spiro atoms. The average molecular weight is 425 g/mol. The van der Waals surface area contributed by atoms with Crippen LogP contribution in [0.1, 0.15) is 35.7 Å². The standard InChI is InChI=1S/C20H19N5O6/c1-3-4-7-23-17-6-5-12(2)8-16(17)18(20(23)27)21-22-19(26)13-9-14(24(28)29)11-15(10-13)25(30)31/h5-6,8-11,27H,3-4,7H2,1-2H3. The topological polar surface area (TPSA) is 153 Å². The largest absolute Gasteiger partial charge is 0.493 e. The molecule has 0 fully saturated rings. The van der Waals surface area contributed by atoms with E-state index in [2.05, 4.69) is 10.2 Å². The van der Waals surface area contributed by atoms with E-state index in [1.54, 1.807) is 10.6 Å². The van der Waals surface area contributed by atoms with Crippen molar-refractivity contribution >= 4 is 33.9 Å². The molecule has 1 amide bonds. The Morgan fingerprint density at radius 1 is 1.10 bits per heavy atom. The number of nitrogens with zero attached hydrogens (tertiary/aromatic N) is 5. The van der Waals surface area contributed by atoms with Gasteiger partial charge in [-0.15, -0.1) is 10.2 Å². The Labute approximate surface area is 175 Å². The number of carbonyl (C=O) groups is 1. The van der Waals surface area contributed by atoms with Gasteiger partial charge in [0, 0.05) is 24.1 Å². The van der Waals surface area contributed by atoms with Crippen molar-refractivity contribution in [1.82, 2.24) is 4.57 Å². The minimum Gasteiger partial charge on any atom is -0.493 e. The minimum absolute atomic E-state index is 0.0862. The number of carbonyl (C=O) groups excluding carboxylic acids is 1. The molecule has 0 aliphatic carbocycles. The Morgan fingerprint density at radius 2 is 1.74 bits per heavy atom. The summed E-state index contributed by atoms with van der Waals surface area (Å²) < 4.78 is 1.68. The Hall–Kier alpha value is -4.15. The van der Waals surface area contributed by atoms with Gasteiger partial charge in [0.25, 0.3) is 17.3 Å². The zero-order valence-electron chi connectivity index (χ0n) is 16.8. The fraction of sp³-hybridized carbons (Fsp3) is 0.250. The zero-order chi connectivity index (χ0) is 22.7. The molecule has 0 aliphatic heterocycles. The van der Waals surface area contributed by atoms with Crippen molar-refractivity contribution in [2.75, 3.05) is 0 Å². The van der Waals surface area contributed by atoms with Crippen LogP contribution in [0.25, 0.3) is 10.9 Å². The van der Waals surface area contributed by atoms with Crippen LogP contribution in [0.5, 0.6) is 5.88 Å². The van der Waals surface area contributed by atoms with Crippen molar-refractivity contribution in [3.8, 4) is 5.88 Å². The van der Waals surface area contributed by atoms with Crippen LogP contribution in [-0.2, 0) is 6.54 Å². The first-order valence-corrected chi connectivity index (χ1v) is 9.44. The van der Waals surface area contributed by atoms with Crippen LogP contribution in [0.3, 0.4) is 0 Å². The normalized spacial score (nSPS) is 11.3. The van der Waals surface area contributed by atoms with Crippen LogP contribution in [0, 0.1) is 27.2 Å². The van der Waals surface area contributed by atoms with Gasteiger partial charge in [0.05, 0.1) is 27.0 Å². The predicted octanol–water partition coefficient (Wildman–Crippen LogP) is 5.20. The molecule has 0 atom stereocenters. The number of unbranched alkanes of at least 4 members (excludes halogenated alkanes) is 1. The molecule has 3 rings (SSSR count). The van der Waals surface area contributed by atoms with E-state index in [-0.39, 0.29) is 17.1 Å². The molecular formula is C20H19N5O6. The van der Waals surface area contributed by atoms with Gasteiger partial charge in [-0.2, -0.15) is 0 Å². The summed E-state index contributed by atoms with van der Waals surface area (Å²) in [4.78, 5) is 32.8. The number of hydrogen-bond donors (Lipinski definition) is 1. The summed E-state index contributed by atoms with van der Waals surface area (Å²) in [5, 5.41) is 40.8. The number of rotatable bonds is 7. The quantitative estimate of drug-likeness (QED) is 0.312. The number of nitro benzene ring substituents is 2. The summed E-state index contributed by atoms with van der Waals surface area (Å²) in [6.45, 7) is 4.43. The maximum atomic E-state index is 12.5. The van der Waals surface area contributed by atoms with Gasteiger partial charge in [-0.1, -0.05) is 25.0 Å². The van der Waals surface area contributed by atoms with Gasteiger partial charge >= 0.3 is 0 Å². The highest BCUT2D eigenvalue weighted by Gasteiger charge is 2.21. The molecule has 3 aromatic rings. The number of fused-ring (bicyclic) bond motifs is 1. The number of non-ortho nitro benzene ring substituents is 2. The Morgan fingerprint density at radius 3 is 2.32 bits per heavy atom. The van der Waals surface area contributed by atoms with Gasteiger partial charge < -0.3 is 9.67 Å². The second kappa shape index (κ2) is 8.69. The Balaban J connectivity index is 2.05. The van der Waals surface area contributed by atoms with Gasteiger partial charge in [-0.3, -0.25) is 25.0 Å². The van der Waals surface area contributed by atoms with Crippen molar-refractivity contribution in [3.63, 3.8) is 0 Å². The number of azo groups is 1. The third-order valence-electron chi connectivity index (χ3n) is 4.71. The highest BCUT2D eigenvalue weighted by Crippen LogP contribution is 2.39. The van der Waals surface area contributed by atoms with Crippen molar-refractivity contribution < 1.29 is 19.7 Å². The molecule has 11 nitrogen and oxygen atoms in total. The molecule has 0 unspecified atom stereocenters. The van der Waals surface area contributed by atoms with Crippen LogP contribution >= 0.6 is 0 Å². The lowest BCUT2D eigenvalue weighted by molar-refractivity contribution is -0.394. The molecule has 1 heterocycles. The maximum absolute atomic E-state index is 12.5. The third-order valence-corrected chi connectivity index (χ3v) is 4.71. The van der Waals surface area contributed by atoms with Crippen LogP contribution in [0.4, 0.5) is 17.1 Å². The van der Waals surface area contributed by atoms with Crippen molar-refractivity contribution in [2.24, 2.45) is 10.2 Å². The lowest BCUT2D eigenvalue weighted by Crippen LogP contribution is -1.99. The van der Waals surface area contributed by atoms with E-state index in [9.17, 15) is 30.1 Å². The van der Waals surface area contributed by atoms with Crippen LogP contribution in [0.15, 0.2) is 46.6 Å². The lowest BCUT2D eigenvalue weighted by Gasteiger charge is -2.05. The van der Waals surface area contributed by atoms with E-state index in [1.807, 2.05) is 26.0 Å². The van der Waals surface area contributed by atoms with Crippen LogP contribution in [-0.4, -0.2) is 25.4 Å². The zero-order valence-corrected chi connectivity index (χ0v) is 16.8. The molecule has 31 heavy (non-hydrogen) atoms. The molecule has 0 saturated heterocycles. The molecule has 1 aromatic heterocycles. The highest BCUT2D eigenvalue weighted by atomic mass is 16.6. The van der Waals surface area contributed by atoms with Gasteiger partial charge in [0.15, 0.2) is 5.69 Å².